The lowest BCUT2D eigenvalue weighted by atomic mass is 9.85. The highest BCUT2D eigenvalue weighted by molar-refractivity contribution is 7.13. The zero-order valence-electron chi connectivity index (χ0n) is 21.7. The molecule has 0 amide bonds. The van der Waals surface area contributed by atoms with Crippen molar-refractivity contribution in [2.24, 2.45) is 0 Å². The predicted molar refractivity (Wildman–Crippen MR) is 156 cm³/mol. The molecular formula is C34H34Si. The van der Waals surface area contributed by atoms with Crippen molar-refractivity contribution in [3.8, 4) is 0 Å². The van der Waals surface area contributed by atoms with Crippen LogP contribution in [0.5, 0.6) is 0 Å². The second-order valence-corrected chi connectivity index (χ2v) is 14.6. The molecule has 0 N–H and O–H groups in total. The fourth-order valence-corrected chi connectivity index (χ4v) is 9.82. The molecule has 4 aromatic rings. The number of allylic oxidation sites excluding steroid dienone is 2. The zero-order valence-corrected chi connectivity index (χ0v) is 22.7. The van der Waals surface area contributed by atoms with Crippen molar-refractivity contribution in [2.45, 2.75) is 40.8 Å². The van der Waals surface area contributed by atoms with Gasteiger partial charge in [-0.25, -0.2) is 0 Å². The lowest BCUT2D eigenvalue weighted by Crippen LogP contribution is -2.29. The molecule has 35 heavy (non-hydrogen) atoms. The average Bonchev–Trinajstić information content (AvgIpc) is 3.07. The van der Waals surface area contributed by atoms with Crippen LogP contribution in [0.1, 0.15) is 44.5 Å². The van der Waals surface area contributed by atoms with Gasteiger partial charge in [0.2, 0.25) is 0 Å². The minimum absolute atomic E-state index is 1.33. The molecule has 5 rings (SSSR count). The van der Waals surface area contributed by atoms with E-state index in [9.17, 15) is 0 Å². The summed E-state index contributed by atoms with van der Waals surface area (Å²) in [6, 6.07) is 35.8. The van der Waals surface area contributed by atoms with E-state index in [2.05, 4.69) is 138 Å². The fraction of sp³-hybridized carbons (Fsp3) is 0.176. The summed E-state index contributed by atoms with van der Waals surface area (Å²) in [7, 11) is -2.12. The minimum atomic E-state index is -2.12. The molecule has 0 radical (unpaired) electrons. The van der Waals surface area contributed by atoms with Gasteiger partial charge in [0.05, 0.1) is 0 Å². The maximum absolute atomic E-state index is 2.56. The van der Waals surface area contributed by atoms with Gasteiger partial charge in [-0.1, -0.05) is 110 Å². The summed E-state index contributed by atoms with van der Waals surface area (Å²) in [6.45, 7) is 14.2. The SMILES string of the molecule is Cc1ccccc1C1=C(c2ccccc2C)[Si](C)(C)C(c2ccccc2C)=C1c1ccccc1C. The topological polar surface area (TPSA) is 0 Å². The van der Waals surface area contributed by atoms with E-state index in [0.29, 0.717) is 0 Å². The fourth-order valence-electron chi connectivity index (χ4n) is 5.89. The van der Waals surface area contributed by atoms with Crippen molar-refractivity contribution in [3.63, 3.8) is 0 Å². The molecule has 4 aromatic carbocycles. The first-order valence-corrected chi connectivity index (χ1v) is 15.6. The van der Waals surface area contributed by atoms with E-state index in [1.807, 2.05) is 0 Å². The molecule has 1 aliphatic rings. The first-order chi connectivity index (χ1) is 16.8. The van der Waals surface area contributed by atoms with Gasteiger partial charge in [0.1, 0.15) is 8.07 Å². The average molecular weight is 471 g/mol. The van der Waals surface area contributed by atoms with Gasteiger partial charge in [0.15, 0.2) is 0 Å². The molecule has 1 heterocycles. The molecule has 0 bridgehead atoms. The monoisotopic (exact) mass is 470 g/mol. The molecule has 174 valence electrons. The largest absolute Gasteiger partial charge is 0.115 e. The number of hydrogen-bond acceptors (Lipinski definition) is 0. The lowest BCUT2D eigenvalue weighted by molar-refractivity contribution is 1.40. The third-order valence-corrected chi connectivity index (χ3v) is 11.2. The summed E-state index contributed by atoms with van der Waals surface area (Å²) in [5.41, 5.74) is 13.7. The minimum Gasteiger partial charge on any atom is -0.0620 e. The number of benzene rings is 4. The molecule has 0 spiro atoms. The van der Waals surface area contributed by atoms with Crippen LogP contribution in [0.4, 0.5) is 0 Å². The van der Waals surface area contributed by atoms with Gasteiger partial charge in [0, 0.05) is 0 Å². The Morgan fingerprint density at radius 3 is 0.914 bits per heavy atom. The molecule has 0 nitrogen and oxygen atoms in total. The number of aryl methyl sites for hydroxylation is 4. The van der Waals surface area contributed by atoms with Crippen molar-refractivity contribution in [1.29, 1.82) is 0 Å². The second-order valence-electron chi connectivity index (χ2n) is 10.4. The number of hydrogen-bond donors (Lipinski definition) is 0. The highest BCUT2D eigenvalue weighted by atomic mass is 28.3. The van der Waals surface area contributed by atoms with Gasteiger partial charge in [-0.15, -0.1) is 0 Å². The number of rotatable bonds is 4. The molecule has 1 heteroatoms. The third-order valence-electron chi connectivity index (χ3n) is 7.66. The van der Waals surface area contributed by atoms with Crippen molar-refractivity contribution in [3.05, 3.63) is 142 Å². The van der Waals surface area contributed by atoms with Crippen molar-refractivity contribution in [1.82, 2.24) is 0 Å². The van der Waals surface area contributed by atoms with E-state index < -0.39 is 8.07 Å². The van der Waals surface area contributed by atoms with E-state index >= 15 is 0 Å². The van der Waals surface area contributed by atoms with Gasteiger partial charge in [-0.3, -0.25) is 0 Å². The summed E-state index contributed by atoms with van der Waals surface area (Å²) in [5, 5.41) is 3.11. The van der Waals surface area contributed by atoms with Gasteiger partial charge >= 0.3 is 0 Å². The second kappa shape index (κ2) is 8.98. The Kier molecular flexibility index (Phi) is 5.98. The molecule has 0 unspecified atom stereocenters. The van der Waals surface area contributed by atoms with Gasteiger partial charge in [-0.2, -0.15) is 0 Å². The molecule has 0 saturated heterocycles. The molecular weight excluding hydrogens is 436 g/mol. The quantitative estimate of drug-likeness (QED) is 0.261. The third kappa shape index (κ3) is 3.85. The highest BCUT2D eigenvalue weighted by Crippen LogP contribution is 2.57. The molecule has 0 fully saturated rings. The summed E-state index contributed by atoms with van der Waals surface area (Å²) in [4.78, 5) is 0. The van der Waals surface area contributed by atoms with Gasteiger partial charge in [0.25, 0.3) is 0 Å². The Bertz CT molecular complexity index is 1380. The van der Waals surface area contributed by atoms with E-state index in [4.69, 9.17) is 0 Å². The summed E-state index contributed by atoms with van der Waals surface area (Å²) < 4.78 is 0. The van der Waals surface area contributed by atoms with Crippen LogP contribution in [-0.2, 0) is 0 Å². The van der Waals surface area contributed by atoms with Crippen LogP contribution >= 0.6 is 0 Å². The Hall–Kier alpha value is -3.42. The molecule has 0 aromatic heterocycles. The van der Waals surface area contributed by atoms with Crippen LogP contribution in [0.25, 0.3) is 21.5 Å². The van der Waals surface area contributed by atoms with Crippen molar-refractivity contribution < 1.29 is 0 Å². The first kappa shape index (κ1) is 23.3. The van der Waals surface area contributed by atoms with E-state index in [0.717, 1.165) is 0 Å². The standard InChI is InChI=1S/C34H34Si/c1-23-15-7-11-19-27(23)31-32(28-20-12-8-16-24(28)2)34(30-22-14-10-18-26(30)4)35(5,6)33(31)29-21-13-9-17-25(29)3/h7-22H,1-6H3. The lowest BCUT2D eigenvalue weighted by Gasteiger charge is -2.28. The van der Waals surface area contributed by atoms with Crippen LogP contribution in [0.3, 0.4) is 0 Å². The van der Waals surface area contributed by atoms with Gasteiger partial charge in [-0.05, 0) is 93.7 Å². The van der Waals surface area contributed by atoms with E-state index in [1.165, 1.54) is 55.7 Å². The van der Waals surface area contributed by atoms with E-state index in [1.54, 1.807) is 10.4 Å². The van der Waals surface area contributed by atoms with Crippen LogP contribution in [0, 0.1) is 27.7 Å². The maximum atomic E-state index is 2.56. The maximum Gasteiger partial charge on any atom is 0.115 e. The summed E-state index contributed by atoms with van der Waals surface area (Å²) >= 11 is 0. The Labute approximate surface area is 211 Å². The molecule has 0 saturated carbocycles. The van der Waals surface area contributed by atoms with Crippen LogP contribution in [-0.4, -0.2) is 8.07 Å². The molecule has 0 aliphatic carbocycles. The van der Waals surface area contributed by atoms with Gasteiger partial charge < -0.3 is 0 Å². The predicted octanol–water partition coefficient (Wildman–Crippen LogP) is 9.24. The summed E-state index contributed by atoms with van der Waals surface area (Å²) in [6.07, 6.45) is 0. The van der Waals surface area contributed by atoms with Crippen LogP contribution in [0.2, 0.25) is 13.1 Å². The smallest absolute Gasteiger partial charge is 0.0620 e. The zero-order chi connectivity index (χ0) is 24.7. The van der Waals surface area contributed by atoms with Crippen LogP contribution < -0.4 is 0 Å². The highest BCUT2D eigenvalue weighted by Gasteiger charge is 2.44. The summed E-state index contributed by atoms with van der Waals surface area (Å²) in [5.74, 6) is 0. The Morgan fingerprint density at radius 1 is 0.371 bits per heavy atom. The Balaban J connectivity index is 2.01. The van der Waals surface area contributed by atoms with Crippen LogP contribution in [0.15, 0.2) is 97.1 Å². The van der Waals surface area contributed by atoms with Crippen molar-refractivity contribution in [2.75, 3.05) is 0 Å². The van der Waals surface area contributed by atoms with Crippen molar-refractivity contribution >= 4 is 29.6 Å². The Morgan fingerprint density at radius 2 is 0.629 bits per heavy atom. The molecule has 0 atom stereocenters. The normalized spacial score (nSPS) is 15.1. The molecule has 1 aliphatic heterocycles. The van der Waals surface area contributed by atoms with E-state index in [-0.39, 0.29) is 0 Å². The first-order valence-electron chi connectivity index (χ1n) is 12.6.